The van der Waals surface area contributed by atoms with Crippen molar-refractivity contribution in [2.24, 2.45) is 0 Å². The van der Waals surface area contributed by atoms with E-state index in [0.29, 0.717) is 12.0 Å². The van der Waals surface area contributed by atoms with Crippen LogP contribution in [0.5, 0.6) is 5.75 Å². The molecule has 1 fully saturated rings. The fourth-order valence-corrected chi connectivity index (χ4v) is 2.68. The van der Waals surface area contributed by atoms with Crippen molar-refractivity contribution in [2.45, 2.75) is 37.8 Å². The predicted molar refractivity (Wildman–Crippen MR) is 74.5 cm³/mol. The Labute approximate surface area is 117 Å². The summed E-state index contributed by atoms with van der Waals surface area (Å²) in [6.07, 6.45) is 2.29. The highest BCUT2D eigenvalue weighted by atomic mass is 16.5. The molecule has 1 aliphatic rings. The van der Waals surface area contributed by atoms with E-state index in [1.807, 2.05) is 12.1 Å². The van der Waals surface area contributed by atoms with Crippen molar-refractivity contribution in [1.82, 2.24) is 25.9 Å². The quantitative estimate of drug-likeness (QED) is 0.869. The van der Waals surface area contributed by atoms with Crippen molar-refractivity contribution in [3.05, 3.63) is 35.7 Å². The monoisotopic (exact) mass is 273 g/mol. The van der Waals surface area contributed by atoms with Crippen LogP contribution in [0.3, 0.4) is 0 Å². The number of aromatic amines is 1. The minimum Gasteiger partial charge on any atom is -0.497 e. The molecule has 0 saturated heterocycles. The number of hydrogen-bond donors (Lipinski definition) is 2. The highest BCUT2D eigenvalue weighted by Gasteiger charge is 2.31. The second-order valence-corrected chi connectivity index (χ2v) is 5.30. The molecule has 6 heteroatoms. The highest BCUT2D eigenvalue weighted by molar-refractivity contribution is 5.31. The first kappa shape index (κ1) is 13.1. The van der Waals surface area contributed by atoms with E-state index in [-0.39, 0.29) is 6.04 Å². The molecule has 2 N–H and O–H groups in total. The molecule has 0 radical (unpaired) electrons. The molecule has 20 heavy (non-hydrogen) atoms. The number of tetrazole rings is 1. The first-order valence-electron chi connectivity index (χ1n) is 6.89. The van der Waals surface area contributed by atoms with Crippen LogP contribution in [-0.2, 0) is 0 Å². The number of rotatable bonds is 5. The first-order valence-corrected chi connectivity index (χ1v) is 6.89. The highest BCUT2D eigenvalue weighted by Crippen LogP contribution is 2.38. The van der Waals surface area contributed by atoms with Crippen molar-refractivity contribution in [1.29, 1.82) is 0 Å². The van der Waals surface area contributed by atoms with Crippen molar-refractivity contribution < 1.29 is 4.74 Å². The zero-order chi connectivity index (χ0) is 13.9. The first-order chi connectivity index (χ1) is 9.76. The fraction of sp³-hybridized carbons (Fsp3) is 0.500. The number of nitrogens with one attached hydrogen (secondary N) is 2. The van der Waals surface area contributed by atoms with E-state index in [0.717, 1.165) is 24.4 Å². The van der Waals surface area contributed by atoms with Crippen molar-refractivity contribution >= 4 is 0 Å². The Morgan fingerprint density at radius 1 is 1.30 bits per heavy atom. The van der Waals surface area contributed by atoms with E-state index < -0.39 is 0 Å². The van der Waals surface area contributed by atoms with Gasteiger partial charge in [0.05, 0.1) is 13.2 Å². The zero-order valence-corrected chi connectivity index (χ0v) is 11.7. The van der Waals surface area contributed by atoms with E-state index in [9.17, 15) is 0 Å². The molecule has 106 valence electrons. The van der Waals surface area contributed by atoms with Gasteiger partial charge in [-0.05, 0) is 43.4 Å². The van der Waals surface area contributed by atoms with Gasteiger partial charge < -0.3 is 10.1 Å². The maximum atomic E-state index is 5.18. The lowest BCUT2D eigenvalue weighted by Crippen LogP contribution is -2.41. The average Bonchev–Trinajstić information content (AvgIpc) is 2.96. The van der Waals surface area contributed by atoms with Crippen LogP contribution in [-0.4, -0.2) is 33.8 Å². The molecule has 1 saturated carbocycles. The van der Waals surface area contributed by atoms with Gasteiger partial charge in [0.25, 0.3) is 0 Å². The number of methoxy groups -OCH3 is 1. The summed E-state index contributed by atoms with van der Waals surface area (Å²) in [5.74, 6) is 2.27. The smallest absolute Gasteiger partial charge is 0.191 e. The van der Waals surface area contributed by atoms with Gasteiger partial charge in [-0.1, -0.05) is 17.3 Å². The summed E-state index contributed by atoms with van der Waals surface area (Å²) in [6.45, 7) is 2.06. The predicted octanol–water partition coefficient (Wildman–Crippen LogP) is 1.81. The molecule has 1 aromatic heterocycles. The lowest BCUT2D eigenvalue weighted by Gasteiger charge is -2.37. The Morgan fingerprint density at radius 2 is 2.05 bits per heavy atom. The Hall–Kier alpha value is -1.95. The largest absolute Gasteiger partial charge is 0.497 e. The van der Waals surface area contributed by atoms with Gasteiger partial charge in [0.1, 0.15) is 5.75 Å². The Bertz CT molecular complexity index is 533. The van der Waals surface area contributed by atoms with Gasteiger partial charge in [-0.15, -0.1) is 10.2 Å². The van der Waals surface area contributed by atoms with Gasteiger partial charge in [0.15, 0.2) is 5.82 Å². The standard InChI is InChI=1S/C14H19N5O/c1-9(14-16-18-19-17-14)15-12-7-11(8-12)10-3-5-13(20-2)6-4-10/h3-6,9,11-12,15H,7-8H2,1-2H3,(H,16,17,18,19). The van der Waals surface area contributed by atoms with Gasteiger partial charge >= 0.3 is 0 Å². The lowest BCUT2D eigenvalue weighted by atomic mass is 9.75. The number of ether oxygens (including phenoxy) is 1. The fourth-order valence-electron chi connectivity index (χ4n) is 2.68. The molecule has 0 aliphatic heterocycles. The second kappa shape index (κ2) is 5.58. The van der Waals surface area contributed by atoms with E-state index in [4.69, 9.17) is 4.74 Å². The summed E-state index contributed by atoms with van der Waals surface area (Å²) < 4.78 is 5.18. The minimum absolute atomic E-state index is 0.135. The number of nitrogens with zero attached hydrogens (tertiary/aromatic N) is 3. The molecule has 0 amide bonds. The molecular weight excluding hydrogens is 254 g/mol. The molecule has 1 heterocycles. The van der Waals surface area contributed by atoms with E-state index in [1.165, 1.54) is 5.56 Å². The van der Waals surface area contributed by atoms with Crippen LogP contribution >= 0.6 is 0 Å². The van der Waals surface area contributed by atoms with Crippen LogP contribution in [0.25, 0.3) is 0 Å². The van der Waals surface area contributed by atoms with Gasteiger partial charge in [-0.2, -0.15) is 5.21 Å². The topological polar surface area (TPSA) is 75.7 Å². The number of benzene rings is 1. The molecule has 1 unspecified atom stereocenters. The normalized spacial score (nSPS) is 23.1. The molecule has 3 rings (SSSR count). The van der Waals surface area contributed by atoms with Gasteiger partial charge in [0.2, 0.25) is 0 Å². The molecule has 0 spiro atoms. The summed E-state index contributed by atoms with van der Waals surface area (Å²) in [7, 11) is 1.69. The number of H-pyrrole nitrogens is 1. The minimum atomic E-state index is 0.135. The number of aromatic nitrogens is 4. The van der Waals surface area contributed by atoms with Crippen LogP contribution in [0.1, 0.15) is 43.1 Å². The summed E-state index contributed by atoms with van der Waals surface area (Å²) in [5.41, 5.74) is 1.39. The molecule has 1 aliphatic carbocycles. The molecule has 1 atom stereocenters. The summed E-state index contributed by atoms with van der Waals surface area (Å²) in [5, 5.41) is 17.6. The average molecular weight is 273 g/mol. The van der Waals surface area contributed by atoms with Crippen molar-refractivity contribution in [3.63, 3.8) is 0 Å². The summed E-state index contributed by atoms with van der Waals surface area (Å²) in [4.78, 5) is 0. The van der Waals surface area contributed by atoms with Crippen LogP contribution in [0.4, 0.5) is 0 Å². The number of hydrogen-bond acceptors (Lipinski definition) is 5. The van der Waals surface area contributed by atoms with E-state index >= 15 is 0 Å². The van der Waals surface area contributed by atoms with Gasteiger partial charge in [-0.25, -0.2) is 0 Å². The van der Waals surface area contributed by atoms with Crippen LogP contribution in [0.15, 0.2) is 24.3 Å². The summed E-state index contributed by atoms with van der Waals surface area (Å²) in [6, 6.07) is 9.02. The van der Waals surface area contributed by atoms with E-state index in [2.05, 4.69) is 45.0 Å². The van der Waals surface area contributed by atoms with Gasteiger partial charge in [-0.3, -0.25) is 0 Å². The third-order valence-electron chi connectivity index (χ3n) is 3.96. The third kappa shape index (κ3) is 2.65. The van der Waals surface area contributed by atoms with Crippen molar-refractivity contribution in [2.75, 3.05) is 7.11 Å². The molecule has 1 aromatic carbocycles. The Balaban J connectivity index is 1.50. The molecule has 0 bridgehead atoms. The Kier molecular flexibility index (Phi) is 3.64. The summed E-state index contributed by atoms with van der Waals surface area (Å²) >= 11 is 0. The Morgan fingerprint density at radius 3 is 2.65 bits per heavy atom. The van der Waals surface area contributed by atoms with Gasteiger partial charge in [0, 0.05) is 6.04 Å². The van der Waals surface area contributed by atoms with Crippen molar-refractivity contribution in [3.8, 4) is 5.75 Å². The zero-order valence-electron chi connectivity index (χ0n) is 11.7. The lowest BCUT2D eigenvalue weighted by molar-refractivity contribution is 0.267. The third-order valence-corrected chi connectivity index (χ3v) is 3.96. The van der Waals surface area contributed by atoms with Crippen LogP contribution in [0, 0.1) is 0 Å². The maximum Gasteiger partial charge on any atom is 0.191 e. The van der Waals surface area contributed by atoms with E-state index in [1.54, 1.807) is 7.11 Å². The molecule has 6 nitrogen and oxygen atoms in total. The van der Waals surface area contributed by atoms with Crippen LogP contribution in [0.2, 0.25) is 0 Å². The maximum absolute atomic E-state index is 5.18. The molecular formula is C14H19N5O. The second-order valence-electron chi connectivity index (χ2n) is 5.30. The SMILES string of the molecule is COc1ccc(C2CC(NC(C)c3nn[nH]n3)C2)cc1. The van der Waals surface area contributed by atoms with Crippen LogP contribution < -0.4 is 10.1 Å². The molecule has 2 aromatic rings.